The minimum absolute atomic E-state index is 0.155. The summed E-state index contributed by atoms with van der Waals surface area (Å²) >= 11 is 5.87. The van der Waals surface area contributed by atoms with E-state index in [0.29, 0.717) is 0 Å². The molecule has 1 unspecified atom stereocenters. The number of benzene rings is 2. The molecule has 1 atom stereocenters. The van der Waals surface area contributed by atoms with Crippen molar-refractivity contribution in [3.05, 3.63) is 70.7 Å². The molecule has 0 N–H and O–H groups in total. The van der Waals surface area contributed by atoms with E-state index in [-0.39, 0.29) is 6.10 Å². The van der Waals surface area contributed by atoms with Gasteiger partial charge in [0.05, 0.1) is 6.10 Å². The Kier molecular flexibility index (Phi) is 4.80. The highest BCUT2D eigenvalue weighted by Crippen LogP contribution is 2.22. The molecule has 0 radical (unpaired) electrons. The average molecular weight is 261 g/mol. The van der Waals surface area contributed by atoms with Crippen molar-refractivity contribution in [2.24, 2.45) is 0 Å². The molecule has 2 rings (SSSR count). The zero-order chi connectivity index (χ0) is 12.8. The molecule has 94 valence electrons. The van der Waals surface area contributed by atoms with Crippen molar-refractivity contribution in [2.45, 2.75) is 18.9 Å². The molecule has 1 nitrogen and oxygen atoms in total. The Morgan fingerprint density at radius 1 is 1.00 bits per heavy atom. The maximum atomic E-state index is 5.87. The van der Waals surface area contributed by atoms with Gasteiger partial charge >= 0.3 is 0 Å². The van der Waals surface area contributed by atoms with E-state index in [1.54, 1.807) is 7.11 Å². The molecule has 0 spiro atoms. The molecule has 0 aliphatic rings. The lowest BCUT2D eigenvalue weighted by Gasteiger charge is -2.15. The second kappa shape index (κ2) is 6.58. The van der Waals surface area contributed by atoms with Gasteiger partial charge in [-0.3, -0.25) is 0 Å². The van der Waals surface area contributed by atoms with Gasteiger partial charge in [0, 0.05) is 12.1 Å². The summed E-state index contributed by atoms with van der Waals surface area (Å²) in [6, 6.07) is 18.3. The zero-order valence-corrected chi connectivity index (χ0v) is 11.2. The Labute approximate surface area is 113 Å². The average Bonchev–Trinajstić information content (AvgIpc) is 2.43. The molecule has 0 heterocycles. The van der Waals surface area contributed by atoms with Gasteiger partial charge in [-0.25, -0.2) is 0 Å². The van der Waals surface area contributed by atoms with Crippen LogP contribution in [0.1, 0.15) is 23.7 Å². The van der Waals surface area contributed by atoms with Gasteiger partial charge in [-0.05, 0) is 36.1 Å². The molecule has 0 amide bonds. The van der Waals surface area contributed by atoms with Crippen LogP contribution in [0.2, 0.25) is 5.02 Å². The molecule has 0 bridgehead atoms. The maximum Gasteiger partial charge on any atom is 0.0824 e. The fourth-order valence-electron chi connectivity index (χ4n) is 2.04. The fraction of sp³-hybridized carbons (Fsp3) is 0.250. The van der Waals surface area contributed by atoms with Gasteiger partial charge < -0.3 is 4.74 Å². The smallest absolute Gasteiger partial charge is 0.0824 e. The number of hydrogen-bond acceptors (Lipinski definition) is 1. The highest BCUT2D eigenvalue weighted by atomic mass is 35.5. The lowest BCUT2D eigenvalue weighted by molar-refractivity contribution is 0.0959. The largest absolute Gasteiger partial charge is 0.377 e. The Morgan fingerprint density at radius 3 is 2.28 bits per heavy atom. The standard InChI is InChI=1S/C16H17ClO/c1-18-16(14-5-3-2-4-6-14)12-9-13-7-10-15(17)11-8-13/h2-8,10-11,16H,9,12H2,1H3. The van der Waals surface area contributed by atoms with Crippen LogP contribution in [0.3, 0.4) is 0 Å². The van der Waals surface area contributed by atoms with Gasteiger partial charge in [0.2, 0.25) is 0 Å². The van der Waals surface area contributed by atoms with Crippen molar-refractivity contribution in [3.8, 4) is 0 Å². The molecule has 0 fully saturated rings. The number of halogens is 1. The van der Waals surface area contributed by atoms with Crippen molar-refractivity contribution < 1.29 is 4.74 Å². The first-order chi connectivity index (χ1) is 8.79. The van der Waals surface area contributed by atoms with Crippen molar-refractivity contribution in [3.63, 3.8) is 0 Å². The van der Waals surface area contributed by atoms with Gasteiger partial charge in [0.1, 0.15) is 0 Å². The number of rotatable bonds is 5. The van der Waals surface area contributed by atoms with Crippen LogP contribution in [0.15, 0.2) is 54.6 Å². The Morgan fingerprint density at radius 2 is 1.67 bits per heavy atom. The van der Waals surface area contributed by atoms with Crippen LogP contribution in [0.4, 0.5) is 0 Å². The molecule has 0 saturated carbocycles. The van der Waals surface area contributed by atoms with E-state index in [9.17, 15) is 0 Å². The zero-order valence-electron chi connectivity index (χ0n) is 10.5. The van der Waals surface area contributed by atoms with E-state index in [0.717, 1.165) is 17.9 Å². The molecular formula is C16H17ClO. The molecule has 0 aromatic heterocycles. The fourth-order valence-corrected chi connectivity index (χ4v) is 2.16. The molecule has 0 aliphatic carbocycles. The molecule has 0 saturated heterocycles. The maximum absolute atomic E-state index is 5.87. The Bertz CT molecular complexity index is 464. The summed E-state index contributed by atoms with van der Waals surface area (Å²) in [5.74, 6) is 0. The van der Waals surface area contributed by atoms with Crippen LogP contribution in [-0.4, -0.2) is 7.11 Å². The highest BCUT2D eigenvalue weighted by molar-refractivity contribution is 6.30. The van der Waals surface area contributed by atoms with Gasteiger partial charge in [-0.15, -0.1) is 0 Å². The van der Waals surface area contributed by atoms with Crippen LogP contribution in [0.25, 0.3) is 0 Å². The van der Waals surface area contributed by atoms with Crippen LogP contribution >= 0.6 is 11.6 Å². The summed E-state index contributed by atoms with van der Waals surface area (Å²) in [4.78, 5) is 0. The summed E-state index contributed by atoms with van der Waals surface area (Å²) in [5, 5.41) is 0.783. The predicted molar refractivity (Wildman–Crippen MR) is 76.0 cm³/mol. The predicted octanol–water partition coefficient (Wildman–Crippen LogP) is 4.66. The summed E-state index contributed by atoms with van der Waals surface area (Å²) in [6.45, 7) is 0. The van der Waals surface area contributed by atoms with E-state index in [4.69, 9.17) is 16.3 Å². The van der Waals surface area contributed by atoms with Crippen molar-refractivity contribution in [1.29, 1.82) is 0 Å². The summed E-state index contributed by atoms with van der Waals surface area (Å²) in [5.41, 5.74) is 2.52. The molecule has 2 aromatic carbocycles. The van der Waals surface area contributed by atoms with Crippen molar-refractivity contribution >= 4 is 11.6 Å². The van der Waals surface area contributed by atoms with E-state index in [1.807, 2.05) is 30.3 Å². The normalized spacial score (nSPS) is 12.3. The number of methoxy groups -OCH3 is 1. The molecular weight excluding hydrogens is 244 g/mol. The van der Waals surface area contributed by atoms with E-state index in [2.05, 4.69) is 24.3 Å². The third-order valence-electron chi connectivity index (χ3n) is 3.06. The van der Waals surface area contributed by atoms with Crippen LogP contribution in [0, 0.1) is 0 Å². The number of hydrogen-bond donors (Lipinski definition) is 0. The third kappa shape index (κ3) is 3.59. The van der Waals surface area contributed by atoms with Gasteiger partial charge in [0.15, 0.2) is 0 Å². The summed E-state index contributed by atoms with van der Waals surface area (Å²) in [7, 11) is 1.76. The summed E-state index contributed by atoms with van der Waals surface area (Å²) < 4.78 is 5.56. The second-order valence-electron chi connectivity index (χ2n) is 4.30. The molecule has 2 aromatic rings. The van der Waals surface area contributed by atoms with E-state index >= 15 is 0 Å². The number of aryl methyl sites for hydroxylation is 1. The first kappa shape index (κ1) is 13.1. The van der Waals surface area contributed by atoms with Crippen LogP contribution in [-0.2, 0) is 11.2 Å². The molecule has 0 aliphatic heterocycles. The van der Waals surface area contributed by atoms with Crippen LogP contribution in [0.5, 0.6) is 0 Å². The minimum Gasteiger partial charge on any atom is -0.377 e. The first-order valence-electron chi connectivity index (χ1n) is 6.12. The lowest BCUT2D eigenvalue weighted by Crippen LogP contribution is -2.03. The van der Waals surface area contributed by atoms with Gasteiger partial charge in [-0.2, -0.15) is 0 Å². The van der Waals surface area contributed by atoms with Gasteiger partial charge in [-0.1, -0.05) is 54.1 Å². The second-order valence-corrected chi connectivity index (χ2v) is 4.74. The Balaban J connectivity index is 1.97. The van der Waals surface area contributed by atoms with E-state index in [1.165, 1.54) is 11.1 Å². The minimum atomic E-state index is 0.155. The van der Waals surface area contributed by atoms with E-state index < -0.39 is 0 Å². The SMILES string of the molecule is COC(CCc1ccc(Cl)cc1)c1ccccc1. The summed E-state index contributed by atoms with van der Waals surface area (Å²) in [6.07, 6.45) is 2.12. The quantitative estimate of drug-likeness (QED) is 0.760. The third-order valence-corrected chi connectivity index (χ3v) is 3.32. The first-order valence-corrected chi connectivity index (χ1v) is 6.49. The Hall–Kier alpha value is -1.31. The molecule has 2 heteroatoms. The molecule has 18 heavy (non-hydrogen) atoms. The van der Waals surface area contributed by atoms with Crippen LogP contribution < -0.4 is 0 Å². The van der Waals surface area contributed by atoms with Gasteiger partial charge in [0.25, 0.3) is 0 Å². The monoisotopic (exact) mass is 260 g/mol. The lowest BCUT2D eigenvalue weighted by atomic mass is 10.0. The topological polar surface area (TPSA) is 9.23 Å². The van der Waals surface area contributed by atoms with Crippen molar-refractivity contribution in [1.82, 2.24) is 0 Å². The van der Waals surface area contributed by atoms with Crippen molar-refractivity contribution in [2.75, 3.05) is 7.11 Å². The highest BCUT2D eigenvalue weighted by Gasteiger charge is 2.09. The number of ether oxygens (including phenoxy) is 1.